The molecule has 0 amide bonds. The summed E-state index contributed by atoms with van der Waals surface area (Å²) in [7, 11) is 0. The molecule has 0 aromatic heterocycles. The maximum Gasteiger partial charge on any atom is 0.102 e. The van der Waals surface area contributed by atoms with E-state index in [2.05, 4.69) is 0 Å². The van der Waals surface area contributed by atoms with Crippen LogP contribution in [0.25, 0.3) is 0 Å². The molecule has 1 unspecified atom stereocenters. The van der Waals surface area contributed by atoms with Gasteiger partial charge >= 0.3 is 0 Å². The maximum absolute atomic E-state index is 5.18. The van der Waals surface area contributed by atoms with Crippen molar-refractivity contribution in [1.82, 2.24) is 0 Å². The molecule has 0 aromatic rings. The van der Waals surface area contributed by atoms with Gasteiger partial charge in [-0.2, -0.15) is 0 Å². The van der Waals surface area contributed by atoms with Crippen molar-refractivity contribution in [3.8, 4) is 0 Å². The second-order valence-corrected chi connectivity index (χ2v) is 1.16. The van der Waals surface area contributed by atoms with Gasteiger partial charge < -0.3 is 10.5 Å². The molecule has 54 valence electrons. The Labute approximate surface area is 62.6 Å². The van der Waals surface area contributed by atoms with E-state index in [-0.39, 0.29) is 31.0 Å². The lowest BCUT2D eigenvalue weighted by Crippen LogP contribution is -2.18. The Bertz CT molecular complexity index is 35.2. The van der Waals surface area contributed by atoms with Crippen LogP contribution in [-0.2, 0) is 4.74 Å². The van der Waals surface area contributed by atoms with Crippen molar-refractivity contribution in [2.24, 2.45) is 5.73 Å². The van der Waals surface area contributed by atoms with Gasteiger partial charge in [-0.3, -0.25) is 0 Å². The summed E-state index contributed by atoms with van der Waals surface area (Å²) in [4.78, 5) is 0. The predicted molar refractivity (Wildman–Crippen MR) is 39.8 cm³/mol. The highest BCUT2D eigenvalue weighted by molar-refractivity contribution is 5.85. The molecular formula is C4H13Cl2NO. The topological polar surface area (TPSA) is 35.2 Å². The summed E-state index contributed by atoms with van der Waals surface area (Å²) in [6, 6.07) is 0. The van der Waals surface area contributed by atoms with Crippen molar-refractivity contribution >= 4 is 24.8 Å². The quantitative estimate of drug-likeness (QED) is 0.618. The molecule has 0 aliphatic rings. The van der Waals surface area contributed by atoms with Crippen LogP contribution >= 0.6 is 24.8 Å². The summed E-state index contributed by atoms with van der Waals surface area (Å²) in [6.07, 6.45) is -0.102. The van der Waals surface area contributed by atoms with Gasteiger partial charge in [-0.15, -0.1) is 24.8 Å². The van der Waals surface area contributed by atoms with Gasteiger partial charge in [0.2, 0.25) is 0 Å². The van der Waals surface area contributed by atoms with Gasteiger partial charge in [0.15, 0.2) is 0 Å². The first-order valence-corrected chi connectivity index (χ1v) is 2.14. The highest BCUT2D eigenvalue weighted by atomic mass is 35.5. The SMILES string of the molecule is CCOC(C)N.Cl.Cl. The van der Waals surface area contributed by atoms with E-state index >= 15 is 0 Å². The molecule has 0 aromatic carbocycles. The van der Waals surface area contributed by atoms with E-state index in [1.165, 1.54) is 0 Å². The molecule has 4 heteroatoms. The third-order valence-corrected chi connectivity index (χ3v) is 0.430. The van der Waals surface area contributed by atoms with Gasteiger partial charge in [-0.1, -0.05) is 0 Å². The first-order chi connectivity index (χ1) is 2.77. The van der Waals surface area contributed by atoms with Gasteiger partial charge in [-0.05, 0) is 13.8 Å². The molecular weight excluding hydrogens is 149 g/mol. The summed E-state index contributed by atoms with van der Waals surface area (Å²) >= 11 is 0. The minimum atomic E-state index is -0.102. The van der Waals surface area contributed by atoms with Crippen LogP contribution in [0, 0.1) is 0 Å². The lowest BCUT2D eigenvalue weighted by Gasteiger charge is -2.00. The number of rotatable bonds is 2. The molecule has 0 bridgehead atoms. The summed E-state index contributed by atoms with van der Waals surface area (Å²) < 4.78 is 4.82. The van der Waals surface area contributed by atoms with Crippen molar-refractivity contribution in [3.63, 3.8) is 0 Å². The molecule has 0 rings (SSSR count). The second kappa shape index (κ2) is 10.5. The molecule has 1 atom stereocenters. The average molecular weight is 162 g/mol. The van der Waals surface area contributed by atoms with Crippen molar-refractivity contribution in [2.45, 2.75) is 20.1 Å². The fourth-order valence-electron chi connectivity index (χ4n) is 0.263. The van der Waals surface area contributed by atoms with Gasteiger partial charge in [-0.25, -0.2) is 0 Å². The molecule has 0 heterocycles. The summed E-state index contributed by atoms with van der Waals surface area (Å²) in [5, 5.41) is 0. The third-order valence-electron chi connectivity index (χ3n) is 0.430. The zero-order valence-electron chi connectivity index (χ0n) is 5.09. The maximum atomic E-state index is 5.18. The molecule has 0 spiro atoms. The highest BCUT2D eigenvalue weighted by Gasteiger charge is 1.83. The van der Waals surface area contributed by atoms with E-state index in [1.54, 1.807) is 0 Å². The Kier molecular flexibility index (Phi) is 20.7. The second-order valence-electron chi connectivity index (χ2n) is 1.16. The normalized spacial score (nSPS) is 10.9. The predicted octanol–water partition coefficient (Wildman–Crippen LogP) is 1.17. The molecule has 8 heavy (non-hydrogen) atoms. The summed E-state index contributed by atoms with van der Waals surface area (Å²) in [5.41, 5.74) is 5.18. The number of nitrogens with two attached hydrogens (primary N) is 1. The van der Waals surface area contributed by atoms with E-state index in [0.717, 1.165) is 0 Å². The molecule has 0 fully saturated rings. The highest BCUT2D eigenvalue weighted by Crippen LogP contribution is 1.74. The van der Waals surface area contributed by atoms with Crippen LogP contribution in [0.3, 0.4) is 0 Å². The third kappa shape index (κ3) is 16.1. The Morgan fingerprint density at radius 1 is 1.50 bits per heavy atom. The zero-order chi connectivity index (χ0) is 4.99. The molecule has 0 radical (unpaired) electrons. The van der Waals surface area contributed by atoms with Crippen molar-refractivity contribution in [2.75, 3.05) is 6.61 Å². The fraction of sp³-hybridized carbons (Fsp3) is 1.00. The minimum absolute atomic E-state index is 0. The average Bonchev–Trinajstić information content (AvgIpc) is 1.35. The molecule has 0 saturated heterocycles. The Balaban J connectivity index is -0.000000125. The zero-order valence-corrected chi connectivity index (χ0v) is 6.72. The minimum Gasteiger partial charge on any atom is -0.364 e. The van der Waals surface area contributed by atoms with E-state index < -0.39 is 0 Å². The van der Waals surface area contributed by atoms with Gasteiger partial charge in [0.1, 0.15) is 6.23 Å². The first-order valence-electron chi connectivity index (χ1n) is 2.14. The largest absolute Gasteiger partial charge is 0.364 e. The van der Waals surface area contributed by atoms with Crippen LogP contribution in [0.1, 0.15) is 13.8 Å². The standard InChI is InChI=1S/C4H11NO.2ClH/c1-3-6-4(2)5;;/h4H,3,5H2,1-2H3;2*1H. The number of hydrogen-bond acceptors (Lipinski definition) is 2. The Hall–Kier alpha value is 0.500. The van der Waals surface area contributed by atoms with Crippen LogP contribution in [-0.4, -0.2) is 12.8 Å². The molecule has 0 aliphatic carbocycles. The fourth-order valence-corrected chi connectivity index (χ4v) is 0.263. The monoisotopic (exact) mass is 161 g/mol. The van der Waals surface area contributed by atoms with Crippen LogP contribution in [0.5, 0.6) is 0 Å². The Morgan fingerprint density at radius 3 is 1.88 bits per heavy atom. The van der Waals surface area contributed by atoms with Crippen molar-refractivity contribution in [3.05, 3.63) is 0 Å². The number of ether oxygens (including phenoxy) is 1. The van der Waals surface area contributed by atoms with E-state index in [0.29, 0.717) is 6.61 Å². The number of hydrogen-bond donors (Lipinski definition) is 1. The lowest BCUT2D eigenvalue weighted by atomic mass is 10.7. The number of halogens is 2. The summed E-state index contributed by atoms with van der Waals surface area (Å²) in [5.74, 6) is 0. The van der Waals surface area contributed by atoms with E-state index in [1.807, 2.05) is 13.8 Å². The lowest BCUT2D eigenvalue weighted by molar-refractivity contribution is 0.0814. The van der Waals surface area contributed by atoms with Gasteiger partial charge in [0.05, 0.1) is 0 Å². The Morgan fingerprint density at radius 2 is 1.88 bits per heavy atom. The van der Waals surface area contributed by atoms with Crippen LogP contribution in [0.4, 0.5) is 0 Å². The van der Waals surface area contributed by atoms with Crippen molar-refractivity contribution < 1.29 is 4.74 Å². The van der Waals surface area contributed by atoms with E-state index in [4.69, 9.17) is 10.5 Å². The summed E-state index contributed by atoms with van der Waals surface area (Å²) in [6.45, 7) is 4.44. The smallest absolute Gasteiger partial charge is 0.102 e. The van der Waals surface area contributed by atoms with Crippen LogP contribution in [0.15, 0.2) is 0 Å². The molecule has 0 aliphatic heterocycles. The molecule has 2 nitrogen and oxygen atoms in total. The van der Waals surface area contributed by atoms with E-state index in [9.17, 15) is 0 Å². The van der Waals surface area contributed by atoms with Crippen LogP contribution < -0.4 is 5.73 Å². The molecule has 0 saturated carbocycles. The first kappa shape index (κ1) is 15.8. The van der Waals surface area contributed by atoms with Crippen molar-refractivity contribution in [1.29, 1.82) is 0 Å². The van der Waals surface area contributed by atoms with Gasteiger partial charge in [0.25, 0.3) is 0 Å². The van der Waals surface area contributed by atoms with Crippen LogP contribution in [0.2, 0.25) is 0 Å². The van der Waals surface area contributed by atoms with Gasteiger partial charge in [0, 0.05) is 6.61 Å². The molecule has 2 N–H and O–H groups in total.